The van der Waals surface area contributed by atoms with Crippen molar-refractivity contribution in [1.82, 2.24) is 4.57 Å². The van der Waals surface area contributed by atoms with Gasteiger partial charge in [-0.05, 0) is 134 Å². The van der Waals surface area contributed by atoms with E-state index in [-0.39, 0.29) is 21.7 Å². The van der Waals surface area contributed by atoms with Gasteiger partial charge in [-0.25, -0.2) is 0 Å². The highest BCUT2D eigenvalue weighted by Gasteiger charge is 2.39. The normalized spacial score (nSPS) is 16.4. The second kappa shape index (κ2) is 13.4. The molecule has 3 aromatic heterocycles. The highest BCUT2D eigenvalue weighted by molar-refractivity contribution is 7.25. The number of furan rings is 1. The van der Waals surface area contributed by atoms with Crippen molar-refractivity contribution < 1.29 is 4.42 Å². The molecule has 3 aliphatic rings. The average Bonchev–Trinajstić information content (AvgIpc) is 4.02. The largest absolute Gasteiger partial charge is 0.456 e. The van der Waals surface area contributed by atoms with Crippen molar-refractivity contribution in [2.45, 2.75) is 96.8 Å². The molecule has 0 saturated carbocycles. The first-order valence-electron chi connectivity index (χ1n) is 24.5. The van der Waals surface area contributed by atoms with Gasteiger partial charge in [0, 0.05) is 81.3 Å². The fourth-order valence-corrected chi connectivity index (χ4v) is 13.8. The number of aromatic nitrogens is 1. The third-order valence-electron chi connectivity index (χ3n) is 16.6. The molecule has 0 bridgehead atoms. The van der Waals surface area contributed by atoms with Gasteiger partial charge in [0.15, 0.2) is 7.28 Å². The maximum Gasteiger partial charge on any atom is 0.197 e. The number of hydrogen-bond acceptors (Lipinski definition) is 3. The molecular weight excluding hydrogens is 844 g/mol. The summed E-state index contributed by atoms with van der Waals surface area (Å²) >= 11 is 1.94. The minimum atomic E-state index is -0.115. The Hall–Kier alpha value is -6.56. The molecule has 0 saturated heterocycles. The van der Waals surface area contributed by atoms with Crippen LogP contribution in [0.1, 0.15) is 103 Å². The number of anilines is 2. The summed E-state index contributed by atoms with van der Waals surface area (Å²) in [5, 5.41) is 11.5. The van der Waals surface area contributed by atoms with Gasteiger partial charge < -0.3 is 14.3 Å². The molecule has 11 aromatic rings. The Kier molecular flexibility index (Phi) is 7.96. The van der Waals surface area contributed by atoms with Crippen molar-refractivity contribution in [3.8, 4) is 27.9 Å². The van der Waals surface area contributed by atoms with Gasteiger partial charge in [-0.2, -0.15) is 0 Å². The van der Waals surface area contributed by atoms with E-state index in [1.807, 2.05) is 11.3 Å². The first-order valence-corrected chi connectivity index (χ1v) is 25.3. The van der Waals surface area contributed by atoms with Crippen molar-refractivity contribution in [3.05, 3.63) is 161 Å². The predicted molar refractivity (Wildman–Crippen MR) is 293 cm³/mol. The van der Waals surface area contributed by atoms with Gasteiger partial charge in [-0.15, -0.1) is 11.3 Å². The summed E-state index contributed by atoms with van der Waals surface area (Å²) in [7, 11) is 2.47. The first-order chi connectivity index (χ1) is 32.5. The highest BCUT2D eigenvalue weighted by Crippen LogP contribution is 2.53. The zero-order valence-corrected chi connectivity index (χ0v) is 41.3. The number of para-hydroxylation sites is 1. The molecule has 1 N–H and O–H groups in total. The molecule has 0 unspecified atom stereocenters. The van der Waals surface area contributed by atoms with Crippen molar-refractivity contribution >= 4 is 105 Å². The second-order valence-electron chi connectivity index (χ2n) is 23.1. The molecule has 1 aliphatic heterocycles. The minimum Gasteiger partial charge on any atom is -0.456 e. The lowest BCUT2D eigenvalue weighted by atomic mass is 9.59. The van der Waals surface area contributed by atoms with Gasteiger partial charge in [0.25, 0.3) is 0 Å². The van der Waals surface area contributed by atoms with Gasteiger partial charge in [0.2, 0.25) is 0 Å². The lowest BCUT2D eigenvalue weighted by Crippen LogP contribution is -2.37. The van der Waals surface area contributed by atoms with E-state index in [0.29, 0.717) is 0 Å². The second-order valence-corrected chi connectivity index (χ2v) is 24.2. The van der Waals surface area contributed by atoms with Crippen LogP contribution in [-0.2, 0) is 21.7 Å². The predicted octanol–water partition coefficient (Wildman–Crippen LogP) is 16.4. The topological polar surface area (TPSA) is 30.1 Å². The molecule has 1 radical (unpaired) electrons. The molecule has 331 valence electrons. The Balaban J connectivity index is 1.07. The summed E-state index contributed by atoms with van der Waals surface area (Å²) in [4.78, 5) is 0. The molecule has 68 heavy (non-hydrogen) atoms. The van der Waals surface area contributed by atoms with E-state index < -0.39 is 0 Å². The third kappa shape index (κ3) is 5.54. The SMILES string of the molecule is CC(C)(C)c1ccc(Nc2cc3sc4cc5c(cc4c3cc2-c2ccc3c4cc6c(cc4n4c3c2[B]c2cc3c(cc2-4)oc2ccccc23)-c2ccccc2C6(C)C)C(C)(C)CCC5(C)C)cc1. The fourth-order valence-electron chi connectivity index (χ4n) is 12.6. The summed E-state index contributed by atoms with van der Waals surface area (Å²) in [5.74, 6) is 0. The Bertz CT molecular complexity index is 4030. The first kappa shape index (κ1) is 40.5. The average molecular weight is 898 g/mol. The summed E-state index contributed by atoms with van der Waals surface area (Å²) in [6.45, 7) is 21.4. The molecule has 14 rings (SSSR count). The van der Waals surface area contributed by atoms with Crippen LogP contribution in [0.25, 0.3) is 91.9 Å². The Labute approximate surface area is 403 Å². The number of thiophene rings is 1. The Morgan fingerprint density at radius 1 is 0.559 bits per heavy atom. The van der Waals surface area contributed by atoms with Crippen LogP contribution in [0, 0.1) is 0 Å². The van der Waals surface area contributed by atoms with Crippen LogP contribution < -0.4 is 16.2 Å². The van der Waals surface area contributed by atoms with Crippen LogP contribution in [0.4, 0.5) is 11.4 Å². The van der Waals surface area contributed by atoms with E-state index in [1.165, 1.54) is 116 Å². The number of nitrogens with one attached hydrogen (secondary N) is 1. The molecule has 0 spiro atoms. The van der Waals surface area contributed by atoms with Crippen LogP contribution >= 0.6 is 11.3 Å². The third-order valence-corrected chi connectivity index (χ3v) is 17.8. The van der Waals surface area contributed by atoms with Gasteiger partial charge >= 0.3 is 0 Å². The number of benzene rings is 8. The molecule has 3 nitrogen and oxygen atoms in total. The molecule has 4 heterocycles. The van der Waals surface area contributed by atoms with Crippen molar-refractivity contribution in [2.24, 2.45) is 0 Å². The van der Waals surface area contributed by atoms with Crippen LogP contribution in [0.5, 0.6) is 0 Å². The Morgan fingerprint density at radius 3 is 2.06 bits per heavy atom. The van der Waals surface area contributed by atoms with Crippen LogP contribution in [0.15, 0.2) is 138 Å². The number of rotatable bonds is 3. The quantitative estimate of drug-likeness (QED) is 0.179. The maximum atomic E-state index is 6.62. The molecule has 0 atom stereocenters. The highest BCUT2D eigenvalue weighted by atomic mass is 32.1. The van der Waals surface area contributed by atoms with Crippen molar-refractivity contribution in [1.29, 1.82) is 0 Å². The summed E-state index contributed by atoms with van der Waals surface area (Å²) in [6, 6.07) is 51.1. The minimum absolute atomic E-state index is 0.0677. The standard InChI is InChI=1S/C63H54BN2OS/c1-60(2,3)34-18-20-35(21-19-34)65-51-32-57-44(45-28-48-49(31-56(45)68-57)62(6,7)25-24-61(48,4)5)26-41(51)38-22-23-39-42-27-47-40(36-14-10-12-16-46(36)63(47,8)9)30-52(42)66-53-33-55-43(29-50(53)64-58(38)59(39)66)37-15-11-13-17-54(37)67-55/h10-23,26-33,65H,24-25H2,1-9H3. The number of hydrogen-bond donors (Lipinski definition) is 1. The fraction of sp³-hybridized carbons (Fsp3) is 0.238. The molecule has 2 aliphatic carbocycles. The van der Waals surface area contributed by atoms with E-state index in [2.05, 4.69) is 213 Å². The van der Waals surface area contributed by atoms with E-state index >= 15 is 0 Å². The summed E-state index contributed by atoms with van der Waals surface area (Å²) < 4.78 is 11.9. The van der Waals surface area contributed by atoms with E-state index in [4.69, 9.17) is 4.42 Å². The molecular formula is C63H54BN2OS. The van der Waals surface area contributed by atoms with Gasteiger partial charge in [-0.1, -0.05) is 141 Å². The van der Waals surface area contributed by atoms with E-state index in [9.17, 15) is 0 Å². The molecule has 5 heteroatoms. The van der Waals surface area contributed by atoms with Crippen molar-refractivity contribution in [2.75, 3.05) is 5.32 Å². The van der Waals surface area contributed by atoms with E-state index in [1.54, 1.807) is 0 Å². The van der Waals surface area contributed by atoms with Gasteiger partial charge in [0.1, 0.15) is 11.2 Å². The van der Waals surface area contributed by atoms with Crippen LogP contribution in [0.2, 0.25) is 0 Å². The monoisotopic (exact) mass is 897 g/mol. The summed E-state index contributed by atoms with van der Waals surface area (Å²) in [6.07, 6.45) is 2.39. The molecule has 0 fully saturated rings. The smallest absolute Gasteiger partial charge is 0.197 e. The zero-order valence-electron chi connectivity index (χ0n) is 40.5. The number of nitrogens with zero attached hydrogens (tertiary/aromatic N) is 1. The summed E-state index contributed by atoms with van der Waals surface area (Å²) in [5.41, 5.74) is 22.5. The van der Waals surface area contributed by atoms with Crippen LogP contribution in [0.3, 0.4) is 0 Å². The van der Waals surface area contributed by atoms with Gasteiger partial charge in [0.05, 0.1) is 5.52 Å². The van der Waals surface area contributed by atoms with Gasteiger partial charge in [-0.3, -0.25) is 0 Å². The van der Waals surface area contributed by atoms with E-state index in [0.717, 1.165) is 39.0 Å². The molecule has 8 aromatic carbocycles. The number of fused-ring (bicyclic) bond motifs is 15. The lowest BCUT2D eigenvalue weighted by Gasteiger charge is -2.41. The zero-order chi connectivity index (χ0) is 46.4. The maximum absolute atomic E-state index is 6.62. The van der Waals surface area contributed by atoms with Crippen LogP contribution in [-0.4, -0.2) is 11.8 Å². The van der Waals surface area contributed by atoms with Crippen molar-refractivity contribution in [3.63, 3.8) is 0 Å². The lowest BCUT2D eigenvalue weighted by molar-refractivity contribution is 0.332. The molecule has 0 amide bonds. The Morgan fingerprint density at radius 2 is 1.26 bits per heavy atom.